The lowest BCUT2D eigenvalue weighted by atomic mass is 10.1. The van der Waals surface area contributed by atoms with E-state index in [2.05, 4.69) is 5.32 Å². The maximum Gasteiger partial charge on any atom is 0.326 e. The number of hydrogen-bond acceptors (Lipinski definition) is 5. The van der Waals surface area contributed by atoms with Gasteiger partial charge in [-0.15, -0.1) is 11.8 Å². The fraction of sp³-hybridized carbons (Fsp3) is 0.556. The number of carboxylic acids is 1. The maximum absolute atomic E-state index is 12.3. The van der Waals surface area contributed by atoms with Crippen LogP contribution in [0, 0.1) is 0 Å². The van der Waals surface area contributed by atoms with Crippen molar-refractivity contribution in [2.24, 2.45) is 0 Å². The number of hydrogen-bond donors (Lipinski definition) is 2. The fourth-order valence-electron chi connectivity index (χ4n) is 1.94. The second kappa shape index (κ2) is 9.68. The van der Waals surface area contributed by atoms with Crippen molar-refractivity contribution in [3.8, 4) is 5.75 Å². The molecule has 0 saturated carbocycles. The van der Waals surface area contributed by atoms with Crippen molar-refractivity contribution in [1.82, 2.24) is 5.32 Å². The highest BCUT2D eigenvalue weighted by Crippen LogP contribution is 2.25. The average molecular weight is 369 g/mol. The number of methoxy groups -OCH3 is 1. The third-order valence-corrected chi connectivity index (χ3v) is 4.41. The monoisotopic (exact) mass is 369 g/mol. The maximum atomic E-state index is 12.3. The third kappa shape index (κ3) is 8.27. The molecule has 140 valence electrons. The van der Waals surface area contributed by atoms with Crippen LogP contribution in [0.2, 0.25) is 0 Å². The molecule has 1 aromatic rings. The molecule has 0 aliphatic carbocycles. The first-order chi connectivity index (χ1) is 11.6. The Labute approximate surface area is 153 Å². The summed E-state index contributed by atoms with van der Waals surface area (Å²) in [4.78, 5) is 24.5. The first-order valence-electron chi connectivity index (χ1n) is 8.10. The molecule has 0 spiro atoms. The van der Waals surface area contributed by atoms with E-state index in [4.69, 9.17) is 9.47 Å². The molecule has 1 amide bonds. The normalized spacial score (nSPS) is 13.8. The minimum absolute atomic E-state index is 0.221. The Kier molecular flexibility index (Phi) is 8.25. The van der Waals surface area contributed by atoms with Gasteiger partial charge in [-0.1, -0.05) is 0 Å². The summed E-state index contributed by atoms with van der Waals surface area (Å²) in [6.45, 7) is 7.70. The predicted octanol–water partition coefficient (Wildman–Crippen LogP) is 2.95. The van der Waals surface area contributed by atoms with Gasteiger partial charge >= 0.3 is 5.97 Å². The van der Waals surface area contributed by atoms with E-state index in [1.54, 1.807) is 14.0 Å². The van der Waals surface area contributed by atoms with E-state index in [1.165, 1.54) is 11.8 Å². The van der Waals surface area contributed by atoms with Gasteiger partial charge in [0.15, 0.2) is 0 Å². The van der Waals surface area contributed by atoms with Crippen LogP contribution in [-0.4, -0.2) is 47.6 Å². The molecule has 0 radical (unpaired) electrons. The van der Waals surface area contributed by atoms with Crippen molar-refractivity contribution in [3.05, 3.63) is 24.3 Å². The predicted molar refractivity (Wildman–Crippen MR) is 98.2 cm³/mol. The summed E-state index contributed by atoms with van der Waals surface area (Å²) in [5.41, 5.74) is -0.343. The van der Waals surface area contributed by atoms with Crippen LogP contribution < -0.4 is 10.1 Å². The van der Waals surface area contributed by atoms with Gasteiger partial charge in [-0.2, -0.15) is 0 Å². The lowest BCUT2D eigenvalue weighted by molar-refractivity contribution is -0.142. The molecule has 1 aromatic carbocycles. The van der Waals surface area contributed by atoms with E-state index in [0.717, 1.165) is 10.6 Å². The van der Waals surface area contributed by atoms with Crippen LogP contribution in [0.1, 0.15) is 34.1 Å². The summed E-state index contributed by atoms with van der Waals surface area (Å²) in [6.07, 6.45) is 0.221. The van der Waals surface area contributed by atoms with Crippen molar-refractivity contribution in [3.63, 3.8) is 0 Å². The van der Waals surface area contributed by atoms with Gasteiger partial charge in [-0.3, -0.25) is 4.79 Å². The molecule has 7 heteroatoms. The van der Waals surface area contributed by atoms with Crippen molar-refractivity contribution in [2.75, 3.05) is 13.7 Å². The smallest absolute Gasteiger partial charge is 0.326 e. The quantitative estimate of drug-likeness (QED) is 0.651. The Bertz CT molecular complexity index is 568. The van der Waals surface area contributed by atoms with Crippen LogP contribution in [0.4, 0.5) is 0 Å². The van der Waals surface area contributed by atoms with E-state index in [1.807, 2.05) is 45.0 Å². The number of benzene rings is 1. The van der Waals surface area contributed by atoms with E-state index in [9.17, 15) is 14.7 Å². The summed E-state index contributed by atoms with van der Waals surface area (Å²) in [6, 6.07) is 6.39. The standard InChI is InChI=1S/C18H27NO5S/c1-12(25-14-8-6-13(23-5)7-9-14)16(20)19-15(17(21)22)10-11-24-18(2,3)4/h6-9,12,15H,10-11H2,1-5H3,(H,19,20)(H,21,22). The lowest BCUT2D eigenvalue weighted by Gasteiger charge is -2.22. The lowest BCUT2D eigenvalue weighted by Crippen LogP contribution is -2.44. The van der Waals surface area contributed by atoms with E-state index >= 15 is 0 Å². The Balaban J connectivity index is 2.55. The molecular formula is C18H27NO5S. The van der Waals surface area contributed by atoms with Crippen LogP contribution in [-0.2, 0) is 14.3 Å². The second-order valence-electron chi connectivity index (χ2n) is 6.58. The highest BCUT2D eigenvalue weighted by Gasteiger charge is 2.24. The molecule has 0 aliphatic rings. The number of carbonyl (C=O) groups excluding carboxylic acids is 1. The van der Waals surface area contributed by atoms with Gasteiger partial charge in [-0.05, 0) is 52.0 Å². The van der Waals surface area contributed by atoms with E-state index in [-0.39, 0.29) is 24.5 Å². The van der Waals surface area contributed by atoms with Crippen molar-refractivity contribution < 1.29 is 24.2 Å². The average Bonchev–Trinajstić information content (AvgIpc) is 2.53. The number of aliphatic carboxylic acids is 1. The van der Waals surface area contributed by atoms with Crippen molar-refractivity contribution in [2.45, 2.75) is 55.9 Å². The molecule has 0 aromatic heterocycles. The molecule has 0 aliphatic heterocycles. The molecule has 2 N–H and O–H groups in total. The van der Waals surface area contributed by atoms with Crippen LogP contribution in [0.5, 0.6) is 5.75 Å². The molecule has 0 bridgehead atoms. The zero-order valence-corrected chi connectivity index (χ0v) is 16.2. The summed E-state index contributed by atoms with van der Waals surface area (Å²) < 4.78 is 10.6. The fourth-order valence-corrected chi connectivity index (χ4v) is 2.82. The van der Waals surface area contributed by atoms with Crippen LogP contribution >= 0.6 is 11.8 Å². The Morgan fingerprint density at radius 3 is 2.32 bits per heavy atom. The summed E-state index contributed by atoms with van der Waals surface area (Å²) in [5, 5.41) is 11.5. The first kappa shape index (κ1) is 21.3. The Hall–Kier alpha value is -1.73. The van der Waals surface area contributed by atoms with Gasteiger partial charge in [0.2, 0.25) is 5.91 Å². The number of nitrogens with one attached hydrogen (secondary N) is 1. The second-order valence-corrected chi connectivity index (χ2v) is 8.00. The number of amides is 1. The SMILES string of the molecule is COc1ccc(SC(C)C(=O)NC(CCOC(C)(C)C)C(=O)O)cc1. The van der Waals surface area contributed by atoms with Crippen molar-refractivity contribution >= 4 is 23.6 Å². The highest BCUT2D eigenvalue weighted by molar-refractivity contribution is 8.00. The van der Waals surface area contributed by atoms with E-state index in [0.29, 0.717) is 0 Å². The third-order valence-electron chi connectivity index (χ3n) is 3.30. The zero-order chi connectivity index (χ0) is 19.0. The molecule has 2 unspecified atom stereocenters. The molecule has 6 nitrogen and oxygen atoms in total. The first-order valence-corrected chi connectivity index (χ1v) is 8.98. The number of thioether (sulfide) groups is 1. The number of ether oxygens (including phenoxy) is 2. The van der Waals surface area contributed by atoms with Crippen LogP contribution in [0.15, 0.2) is 29.2 Å². The summed E-state index contributed by atoms with van der Waals surface area (Å²) in [7, 11) is 1.59. The van der Waals surface area contributed by atoms with Gasteiger partial charge in [0.25, 0.3) is 0 Å². The summed E-state index contributed by atoms with van der Waals surface area (Å²) in [5.74, 6) is -0.636. The summed E-state index contributed by atoms with van der Waals surface area (Å²) >= 11 is 1.36. The van der Waals surface area contributed by atoms with Gasteiger partial charge in [0.05, 0.1) is 18.0 Å². The van der Waals surface area contributed by atoms with Gasteiger partial charge < -0.3 is 19.9 Å². The zero-order valence-electron chi connectivity index (χ0n) is 15.4. The van der Waals surface area contributed by atoms with Gasteiger partial charge in [-0.25, -0.2) is 4.79 Å². The number of rotatable bonds is 9. The minimum atomic E-state index is -1.06. The topological polar surface area (TPSA) is 84.9 Å². The molecule has 1 rings (SSSR count). The minimum Gasteiger partial charge on any atom is -0.497 e. The van der Waals surface area contributed by atoms with Crippen LogP contribution in [0.25, 0.3) is 0 Å². The Morgan fingerprint density at radius 1 is 1.24 bits per heavy atom. The molecule has 2 atom stereocenters. The molecular weight excluding hydrogens is 342 g/mol. The number of carboxylic acid groups (broad SMARTS) is 1. The van der Waals surface area contributed by atoms with Gasteiger partial charge in [0, 0.05) is 17.9 Å². The Morgan fingerprint density at radius 2 is 1.84 bits per heavy atom. The van der Waals surface area contributed by atoms with Crippen LogP contribution in [0.3, 0.4) is 0 Å². The van der Waals surface area contributed by atoms with Gasteiger partial charge in [0.1, 0.15) is 11.8 Å². The molecule has 0 saturated heterocycles. The molecule has 0 heterocycles. The van der Waals surface area contributed by atoms with Crippen molar-refractivity contribution in [1.29, 1.82) is 0 Å². The number of carbonyl (C=O) groups is 2. The molecule has 0 fully saturated rings. The molecule has 25 heavy (non-hydrogen) atoms. The van der Waals surface area contributed by atoms with E-state index < -0.39 is 17.3 Å². The largest absolute Gasteiger partial charge is 0.497 e. The highest BCUT2D eigenvalue weighted by atomic mass is 32.2.